The first-order valence-corrected chi connectivity index (χ1v) is 10.4. The predicted octanol–water partition coefficient (Wildman–Crippen LogP) is 1.70. The van der Waals surface area contributed by atoms with Crippen LogP contribution in [0.3, 0.4) is 0 Å². The van der Waals surface area contributed by atoms with Crippen molar-refractivity contribution in [2.24, 2.45) is 0 Å². The van der Waals surface area contributed by atoms with Gasteiger partial charge in [0.05, 0.1) is 12.6 Å². The summed E-state index contributed by atoms with van der Waals surface area (Å²) in [5.41, 5.74) is 0. The summed E-state index contributed by atoms with van der Waals surface area (Å²) in [6, 6.07) is 1.14. The Balaban J connectivity index is 2.00. The lowest BCUT2D eigenvalue weighted by atomic mass is 10.0. The zero-order valence-corrected chi connectivity index (χ0v) is 17.7. The van der Waals surface area contributed by atoms with Gasteiger partial charge in [-0.1, -0.05) is 13.8 Å². The molecular formula is C20H42N4O2. The van der Waals surface area contributed by atoms with Crippen molar-refractivity contribution in [1.82, 2.24) is 20.4 Å². The second kappa shape index (κ2) is 13.5. The summed E-state index contributed by atoms with van der Waals surface area (Å²) in [6.45, 7) is 14.7. The minimum Gasteiger partial charge on any atom is -0.379 e. The van der Waals surface area contributed by atoms with Gasteiger partial charge >= 0.3 is 0 Å². The molecule has 0 aromatic carbocycles. The largest absolute Gasteiger partial charge is 0.379 e. The molecule has 0 radical (unpaired) electrons. The van der Waals surface area contributed by atoms with E-state index in [1.54, 1.807) is 0 Å². The van der Waals surface area contributed by atoms with Crippen LogP contribution in [0.25, 0.3) is 0 Å². The molecule has 154 valence electrons. The highest BCUT2D eigenvalue weighted by atomic mass is 16.5. The minimum absolute atomic E-state index is 0.160. The van der Waals surface area contributed by atoms with Crippen molar-refractivity contribution in [3.63, 3.8) is 0 Å². The van der Waals surface area contributed by atoms with Crippen molar-refractivity contribution >= 4 is 5.91 Å². The molecule has 0 aromatic rings. The average molecular weight is 371 g/mol. The number of rotatable bonds is 13. The van der Waals surface area contributed by atoms with E-state index < -0.39 is 0 Å². The van der Waals surface area contributed by atoms with Crippen LogP contribution in [0.1, 0.15) is 53.4 Å². The lowest BCUT2D eigenvalue weighted by Gasteiger charge is -2.33. The minimum atomic E-state index is 0.160. The van der Waals surface area contributed by atoms with Gasteiger partial charge in [0.15, 0.2) is 0 Å². The van der Waals surface area contributed by atoms with E-state index in [0.29, 0.717) is 24.7 Å². The first kappa shape index (κ1) is 23.3. The van der Waals surface area contributed by atoms with Crippen molar-refractivity contribution in [1.29, 1.82) is 0 Å². The topological polar surface area (TPSA) is 56.8 Å². The summed E-state index contributed by atoms with van der Waals surface area (Å²) >= 11 is 0. The number of carbonyl (C=O) groups is 1. The van der Waals surface area contributed by atoms with Crippen molar-refractivity contribution in [3.8, 4) is 0 Å². The van der Waals surface area contributed by atoms with Crippen LogP contribution in [0.4, 0.5) is 0 Å². The van der Waals surface area contributed by atoms with Gasteiger partial charge in [-0.3, -0.25) is 9.69 Å². The molecule has 0 saturated carbocycles. The highest BCUT2D eigenvalue weighted by Crippen LogP contribution is 2.10. The van der Waals surface area contributed by atoms with Crippen LogP contribution in [0.5, 0.6) is 0 Å². The van der Waals surface area contributed by atoms with Gasteiger partial charge in [-0.05, 0) is 53.1 Å². The molecule has 0 spiro atoms. The highest BCUT2D eigenvalue weighted by molar-refractivity contribution is 5.77. The molecule has 26 heavy (non-hydrogen) atoms. The van der Waals surface area contributed by atoms with E-state index in [1.165, 1.54) is 0 Å². The van der Waals surface area contributed by atoms with Crippen LogP contribution in [-0.4, -0.2) is 86.8 Å². The van der Waals surface area contributed by atoms with Gasteiger partial charge in [-0.15, -0.1) is 0 Å². The Hall–Kier alpha value is -0.690. The third kappa shape index (κ3) is 11.8. The lowest BCUT2D eigenvalue weighted by molar-refractivity contribution is -0.122. The lowest BCUT2D eigenvalue weighted by Crippen LogP contribution is -2.47. The number of ether oxygens (including phenoxy) is 1. The second-order valence-electron chi connectivity index (χ2n) is 8.15. The monoisotopic (exact) mass is 370 g/mol. The summed E-state index contributed by atoms with van der Waals surface area (Å²) in [5, 5.41) is 6.66. The summed E-state index contributed by atoms with van der Waals surface area (Å²) < 4.78 is 5.55. The van der Waals surface area contributed by atoms with E-state index in [9.17, 15) is 4.79 Å². The molecule has 1 fully saturated rings. The average Bonchev–Trinajstić information content (AvgIpc) is 2.57. The van der Waals surface area contributed by atoms with E-state index in [2.05, 4.69) is 55.2 Å². The molecule has 6 heteroatoms. The third-order valence-electron chi connectivity index (χ3n) is 4.70. The van der Waals surface area contributed by atoms with E-state index in [1.807, 2.05) is 0 Å². The third-order valence-corrected chi connectivity index (χ3v) is 4.70. The molecule has 1 saturated heterocycles. The molecule has 6 nitrogen and oxygen atoms in total. The smallest absolute Gasteiger partial charge is 0.234 e. The van der Waals surface area contributed by atoms with Gasteiger partial charge in [0.1, 0.15) is 0 Å². The number of piperidine rings is 1. The van der Waals surface area contributed by atoms with Gasteiger partial charge in [0, 0.05) is 44.9 Å². The molecule has 1 amide bonds. The van der Waals surface area contributed by atoms with Crippen molar-refractivity contribution in [2.45, 2.75) is 71.6 Å². The summed E-state index contributed by atoms with van der Waals surface area (Å²) in [4.78, 5) is 16.7. The van der Waals surface area contributed by atoms with E-state index in [-0.39, 0.29) is 5.91 Å². The first-order valence-electron chi connectivity index (χ1n) is 10.4. The second-order valence-corrected chi connectivity index (χ2v) is 8.15. The zero-order chi connectivity index (χ0) is 19.4. The van der Waals surface area contributed by atoms with Gasteiger partial charge in [0.2, 0.25) is 5.91 Å². The number of hydrogen-bond acceptors (Lipinski definition) is 5. The quantitative estimate of drug-likeness (QED) is 0.483. The fourth-order valence-corrected chi connectivity index (χ4v) is 3.33. The zero-order valence-electron chi connectivity index (χ0n) is 17.7. The molecular weight excluding hydrogens is 328 g/mol. The van der Waals surface area contributed by atoms with Gasteiger partial charge in [0.25, 0.3) is 0 Å². The van der Waals surface area contributed by atoms with Crippen LogP contribution in [0.2, 0.25) is 0 Å². The Morgan fingerprint density at radius 2 is 1.81 bits per heavy atom. The Morgan fingerprint density at radius 3 is 2.42 bits per heavy atom. The van der Waals surface area contributed by atoms with Gasteiger partial charge < -0.3 is 20.3 Å². The highest BCUT2D eigenvalue weighted by Gasteiger charge is 2.20. The molecule has 0 unspecified atom stereocenters. The molecule has 0 bridgehead atoms. The summed E-state index contributed by atoms with van der Waals surface area (Å²) in [5.74, 6) is 0.160. The van der Waals surface area contributed by atoms with Gasteiger partial charge in [-0.25, -0.2) is 0 Å². The molecule has 1 rings (SSSR count). The summed E-state index contributed by atoms with van der Waals surface area (Å²) in [6.07, 6.45) is 4.64. The van der Waals surface area contributed by atoms with Crippen LogP contribution in [0, 0.1) is 0 Å². The number of carbonyl (C=O) groups excluding carboxylic acids is 1. The predicted molar refractivity (Wildman–Crippen MR) is 109 cm³/mol. The molecule has 2 N–H and O–H groups in total. The molecule has 1 aliphatic heterocycles. The van der Waals surface area contributed by atoms with Crippen molar-refractivity contribution in [2.75, 3.05) is 52.9 Å². The van der Waals surface area contributed by atoms with Crippen molar-refractivity contribution in [3.05, 3.63) is 0 Å². The van der Waals surface area contributed by atoms with Crippen LogP contribution in [0.15, 0.2) is 0 Å². The number of nitrogens with zero attached hydrogens (tertiary/aromatic N) is 2. The fourth-order valence-electron chi connectivity index (χ4n) is 3.33. The summed E-state index contributed by atoms with van der Waals surface area (Å²) in [7, 11) is 2.13. The Morgan fingerprint density at radius 1 is 1.15 bits per heavy atom. The molecule has 0 aliphatic carbocycles. The van der Waals surface area contributed by atoms with Crippen LogP contribution in [-0.2, 0) is 9.53 Å². The standard InChI is InChI=1S/C20H42N4O2/c1-17(2)22-19-8-13-24(14-9-19)16-20(25)21-10-6-11-23(5)12-7-15-26-18(3)4/h17-19,22H,6-16H2,1-5H3,(H,21,25). The molecule has 0 aromatic heterocycles. The Kier molecular flexibility index (Phi) is 12.1. The van der Waals surface area contributed by atoms with Crippen LogP contribution < -0.4 is 10.6 Å². The molecule has 0 atom stereocenters. The normalized spacial score (nSPS) is 16.8. The first-order chi connectivity index (χ1) is 12.4. The molecule has 1 heterocycles. The maximum Gasteiger partial charge on any atom is 0.234 e. The SMILES string of the molecule is CC(C)NC1CCN(CC(=O)NCCCN(C)CCCOC(C)C)CC1. The van der Waals surface area contributed by atoms with Crippen molar-refractivity contribution < 1.29 is 9.53 Å². The Bertz CT molecular complexity index is 369. The van der Waals surface area contributed by atoms with Crippen LogP contribution >= 0.6 is 0 Å². The molecule has 1 aliphatic rings. The van der Waals surface area contributed by atoms with E-state index >= 15 is 0 Å². The fraction of sp³-hybridized carbons (Fsp3) is 0.950. The maximum atomic E-state index is 12.1. The number of hydrogen-bond donors (Lipinski definition) is 2. The number of likely N-dealkylation sites (tertiary alicyclic amines) is 1. The van der Waals surface area contributed by atoms with Gasteiger partial charge in [-0.2, -0.15) is 0 Å². The number of amides is 1. The number of nitrogens with one attached hydrogen (secondary N) is 2. The Labute approximate surface area is 161 Å². The maximum absolute atomic E-state index is 12.1. The van der Waals surface area contributed by atoms with E-state index in [4.69, 9.17) is 4.74 Å². The van der Waals surface area contributed by atoms with E-state index in [0.717, 1.165) is 65.0 Å².